The van der Waals surface area contributed by atoms with Gasteiger partial charge in [0.15, 0.2) is 0 Å². The van der Waals surface area contributed by atoms with Crippen LogP contribution in [0.3, 0.4) is 0 Å². The van der Waals surface area contributed by atoms with E-state index in [0.29, 0.717) is 13.0 Å². The minimum absolute atomic E-state index is 0.0161. The van der Waals surface area contributed by atoms with Gasteiger partial charge < -0.3 is 11.1 Å². The van der Waals surface area contributed by atoms with Crippen molar-refractivity contribution < 1.29 is 4.79 Å². The summed E-state index contributed by atoms with van der Waals surface area (Å²) in [5, 5.41) is 9.46. The van der Waals surface area contributed by atoms with E-state index in [1.807, 2.05) is 6.92 Å². The van der Waals surface area contributed by atoms with Crippen LogP contribution in [0, 0.1) is 0 Å². The molecule has 0 saturated carbocycles. The van der Waals surface area contributed by atoms with Gasteiger partial charge in [-0.05, 0) is 25.8 Å². The van der Waals surface area contributed by atoms with E-state index in [4.69, 9.17) is 5.73 Å². The van der Waals surface area contributed by atoms with Gasteiger partial charge in [-0.3, -0.25) is 9.89 Å². The molecular weight excluding hydrogens is 192 g/mol. The van der Waals surface area contributed by atoms with Gasteiger partial charge >= 0.3 is 0 Å². The van der Waals surface area contributed by atoms with Gasteiger partial charge in [0.1, 0.15) is 5.82 Å². The number of nitrogens with zero attached hydrogens (tertiary/aromatic N) is 1. The molecule has 84 valence electrons. The SMILES string of the molecule is CCc1cn[nH]c1NC(=O)CCCCN. The smallest absolute Gasteiger partial charge is 0.225 e. The van der Waals surface area contributed by atoms with Crippen LogP contribution in [0.5, 0.6) is 0 Å². The summed E-state index contributed by atoms with van der Waals surface area (Å²) in [5.74, 6) is 0.734. The van der Waals surface area contributed by atoms with Crippen LogP contribution >= 0.6 is 0 Å². The molecule has 0 aliphatic carbocycles. The molecule has 1 amide bonds. The largest absolute Gasteiger partial charge is 0.330 e. The van der Waals surface area contributed by atoms with E-state index in [0.717, 1.165) is 30.6 Å². The van der Waals surface area contributed by atoms with Gasteiger partial charge in [-0.2, -0.15) is 5.10 Å². The summed E-state index contributed by atoms with van der Waals surface area (Å²) in [6.07, 6.45) is 4.82. The zero-order chi connectivity index (χ0) is 11.1. The normalized spacial score (nSPS) is 10.3. The average Bonchev–Trinajstić information content (AvgIpc) is 2.65. The van der Waals surface area contributed by atoms with Gasteiger partial charge in [-0.25, -0.2) is 0 Å². The summed E-state index contributed by atoms with van der Waals surface area (Å²) in [4.78, 5) is 11.5. The van der Waals surface area contributed by atoms with Crippen molar-refractivity contribution in [3.05, 3.63) is 11.8 Å². The molecular formula is C10H18N4O. The first-order valence-electron chi connectivity index (χ1n) is 5.30. The molecule has 0 unspecified atom stereocenters. The summed E-state index contributed by atoms with van der Waals surface area (Å²) >= 11 is 0. The van der Waals surface area contributed by atoms with Crippen molar-refractivity contribution in [2.45, 2.75) is 32.6 Å². The highest BCUT2D eigenvalue weighted by Crippen LogP contribution is 2.11. The molecule has 1 rings (SSSR count). The first-order chi connectivity index (χ1) is 7.27. The van der Waals surface area contributed by atoms with Gasteiger partial charge in [0, 0.05) is 12.0 Å². The average molecular weight is 210 g/mol. The Morgan fingerprint density at radius 1 is 1.60 bits per heavy atom. The third-order valence-electron chi connectivity index (χ3n) is 2.22. The lowest BCUT2D eigenvalue weighted by molar-refractivity contribution is -0.116. The van der Waals surface area contributed by atoms with Crippen molar-refractivity contribution >= 4 is 11.7 Å². The van der Waals surface area contributed by atoms with Gasteiger partial charge in [0.25, 0.3) is 0 Å². The molecule has 0 atom stereocenters. The number of nitrogens with one attached hydrogen (secondary N) is 2. The molecule has 0 spiro atoms. The molecule has 1 aromatic rings. The first-order valence-corrected chi connectivity index (χ1v) is 5.30. The number of carbonyl (C=O) groups excluding carboxylic acids is 1. The summed E-state index contributed by atoms with van der Waals surface area (Å²) in [7, 11) is 0. The highest BCUT2D eigenvalue weighted by atomic mass is 16.1. The minimum Gasteiger partial charge on any atom is -0.330 e. The Balaban J connectivity index is 2.37. The molecule has 1 aromatic heterocycles. The third kappa shape index (κ3) is 3.71. The Morgan fingerprint density at radius 2 is 2.40 bits per heavy atom. The second kappa shape index (κ2) is 6.19. The lowest BCUT2D eigenvalue weighted by Crippen LogP contribution is -2.13. The van der Waals surface area contributed by atoms with Crippen LogP contribution in [-0.4, -0.2) is 22.6 Å². The maximum atomic E-state index is 11.5. The Morgan fingerprint density at radius 3 is 3.07 bits per heavy atom. The third-order valence-corrected chi connectivity index (χ3v) is 2.22. The second-order valence-electron chi connectivity index (χ2n) is 3.42. The van der Waals surface area contributed by atoms with Crippen molar-refractivity contribution in [3.63, 3.8) is 0 Å². The number of unbranched alkanes of at least 4 members (excludes halogenated alkanes) is 1. The summed E-state index contributed by atoms with van der Waals surface area (Å²) in [6.45, 7) is 2.66. The molecule has 0 aliphatic heterocycles. The summed E-state index contributed by atoms with van der Waals surface area (Å²) in [5.41, 5.74) is 6.38. The number of nitrogens with two attached hydrogens (primary N) is 1. The number of H-pyrrole nitrogens is 1. The summed E-state index contributed by atoms with van der Waals surface area (Å²) in [6, 6.07) is 0. The number of aromatic nitrogens is 2. The zero-order valence-corrected chi connectivity index (χ0v) is 9.05. The summed E-state index contributed by atoms with van der Waals surface area (Å²) < 4.78 is 0. The lowest BCUT2D eigenvalue weighted by atomic mass is 10.2. The number of anilines is 1. The van der Waals surface area contributed by atoms with Gasteiger partial charge in [-0.15, -0.1) is 0 Å². The fraction of sp³-hybridized carbons (Fsp3) is 0.600. The van der Waals surface area contributed by atoms with Crippen molar-refractivity contribution in [2.24, 2.45) is 5.73 Å². The van der Waals surface area contributed by atoms with E-state index >= 15 is 0 Å². The molecule has 0 radical (unpaired) electrons. The first kappa shape index (κ1) is 11.7. The van der Waals surface area contributed by atoms with Crippen LogP contribution in [0.2, 0.25) is 0 Å². The highest BCUT2D eigenvalue weighted by Gasteiger charge is 2.06. The van der Waals surface area contributed by atoms with Crippen molar-refractivity contribution in [2.75, 3.05) is 11.9 Å². The predicted octanol–water partition coefficient (Wildman–Crippen LogP) is 1.04. The molecule has 5 nitrogen and oxygen atoms in total. The van der Waals surface area contributed by atoms with Crippen molar-refractivity contribution in [1.82, 2.24) is 10.2 Å². The molecule has 0 aliphatic rings. The number of rotatable bonds is 6. The van der Waals surface area contributed by atoms with E-state index in [1.165, 1.54) is 0 Å². The van der Waals surface area contributed by atoms with Crippen molar-refractivity contribution in [3.8, 4) is 0 Å². The standard InChI is InChI=1S/C10H18N4O/c1-2-8-7-12-14-10(8)13-9(15)5-3-4-6-11/h7H,2-6,11H2,1H3,(H2,12,13,14,15). The molecule has 0 fully saturated rings. The number of aryl methyl sites for hydroxylation is 1. The van der Waals surface area contributed by atoms with E-state index in [9.17, 15) is 4.79 Å². The maximum absolute atomic E-state index is 11.5. The van der Waals surface area contributed by atoms with Crippen LogP contribution < -0.4 is 11.1 Å². The number of hydrogen-bond acceptors (Lipinski definition) is 3. The van der Waals surface area contributed by atoms with Crippen LogP contribution in [0.15, 0.2) is 6.20 Å². The lowest BCUT2D eigenvalue weighted by Gasteiger charge is -2.03. The molecule has 5 heteroatoms. The van der Waals surface area contributed by atoms with Crippen LogP contribution in [0.4, 0.5) is 5.82 Å². The fourth-order valence-corrected chi connectivity index (χ4v) is 1.32. The van der Waals surface area contributed by atoms with Crippen molar-refractivity contribution in [1.29, 1.82) is 0 Å². The molecule has 1 heterocycles. The maximum Gasteiger partial charge on any atom is 0.225 e. The van der Waals surface area contributed by atoms with Crippen LogP contribution in [0.25, 0.3) is 0 Å². The quantitative estimate of drug-likeness (QED) is 0.613. The van der Waals surface area contributed by atoms with Crippen LogP contribution in [0.1, 0.15) is 31.7 Å². The Bertz CT molecular complexity index is 308. The number of aromatic amines is 1. The molecule has 0 saturated heterocycles. The van der Waals surface area contributed by atoms with E-state index in [1.54, 1.807) is 6.20 Å². The van der Waals surface area contributed by atoms with E-state index in [-0.39, 0.29) is 5.91 Å². The minimum atomic E-state index is 0.0161. The van der Waals surface area contributed by atoms with E-state index < -0.39 is 0 Å². The highest BCUT2D eigenvalue weighted by molar-refractivity contribution is 5.90. The molecule has 15 heavy (non-hydrogen) atoms. The Hall–Kier alpha value is -1.36. The molecule has 0 bridgehead atoms. The van der Waals surface area contributed by atoms with Gasteiger partial charge in [0.05, 0.1) is 6.20 Å². The number of amides is 1. The fourth-order valence-electron chi connectivity index (χ4n) is 1.32. The van der Waals surface area contributed by atoms with Crippen LogP contribution in [-0.2, 0) is 11.2 Å². The van der Waals surface area contributed by atoms with Gasteiger partial charge in [0.2, 0.25) is 5.91 Å². The molecule has 0 aromatic carbocycles. The monoisotopic (exact) mass is 210 g/mol. The Labute approximate surface area is 89.4 Å². The second-order valence-corrected chi connectivity index (χ2v) is 3.42. The topological polar surface area (TPSA) is 83.8 Å². The zero-order valence-electron chi connectivity index (χ0n) is 9.05. The Kier molecular flexibility index (Phi) is 4.83. The predicted molar refractivity (Wildman–Crippen MR) is 59.5 cm³/mol. The molecule has 4 N–H and O–H groups in total. The van der Waals surface area contributed by atoms with Gasteiger partial charge in [-0.1, -0.05) is 6.92 Å². The number of carbonyl (C=O) groups is 1. The number of hydrogen-bond donors (Lipinski definition) is 3. The van der Waals surface area contributed by atoms with E-state index in [2.05, 4.69) is 15.5 Å².